The Kier molecular flexibility index (Phi) is 5.21. The van der Waals surface area contributed by atoms with E-state index >= 15 is 0 Å². The summed E-state index contributed by atoms with van der Waals surface area (Å²) in [5.41, 5.74) is 1.27. The number of aliphatic carboxylic acids is 1. The summed E-state index contributed by atoms with van der Waals surface area (Å²) in [6.07, 6.45) is 0. The summed E-state index contributed by atoms with van der Waals surface area (Å²) < 4.78 is 0.869. The minimum Gasteiger partial charge on any atom is -0.480 e. The molecule has 2 aromatic rings. The van der Waals surface area contributed by atoms with Crippen molar-refractivity contribution in [1.82, 2.24) is 0 Å². The van der Waals surface area contributed by atoms with E-state index in [2.05, 4.69) is 21.2 Å². The number of anilines is 1. The molecule has 0 bridgehead atoms. The van der Waals surface area contributed by atoms with E-state index in [-0.39, 0.29) is 5.78 Å². The first-order valence-electron chi connectivity index (χ1n) is 6.47. The van der Waals surface area contributed by atoms with E-state index in [4.69, 9.17) is 16.7 Å². The lowest BCUT2D eigenvalue weighted by molar-refractivity contribution is -0.137. The second-order valence-corrected chi connectivity index (χ2v) is 6.08. The highest BCUT2D eigenvalue weighted by atomic mass is 79.9. The maximum atomic E-state index is 12.6. The van der Waals surface area contributed by atoms with Gasteiger partial charge in [0, 0.05) is 26.3 Å². The number of hydrogen-bond acceptors (Lipinski definition) is 3. The molecule has 2 rings (SSSR count). The summed E-state index contributed by atoms with van der Waals surface area (Å²) in [5.74, 6) is -1.23. The number of benzene rings is 2. The van der Waals surface area contributed by atoms with Crippen molar-refractivity contribution in [2.45, 2.75) is 13.0 Å². The lowest BCUT2D eigenvalue weighted by Crippen LogP contribution is -2.26. The van der Waals surface area contributed by atoms with Gasteiger partial charge in [0.1, 0.15) is 6.04 Å². The first-order chi connectivity index (χ1) is 10.4. The number of nitrogens with one attached hydrogen (secondary N) is 1. The first-order valence-corrected chi connectivity index (χ1v) is 7.64. The van der Waals surface area contributed by atoms with Gasteiger partial charge in [0.05, 0.1) is 0 Å². The minimum absolute atomic E-state index is 0.227. The standard InChI is InChI=1S/C16H13BrClNO3/c1-9(16(21)22)19-14-7-6-12(18)8-13(14)15(20)10-2-4-11(17)5-3-10/h2-9,19H,1H3,(H,21,22). The number of carboxylic acids is 1. The van der Waals surface area contributed by atoms with Crippen LogP contribution in [0.3, 0.4) is 0 Å². The fraction of sp³-hybridized carbons (Fsp3) is 0.125. The van der Waals surface area contributed by atoms with Crippen molar-refractivity contribution in [2.24, 2.45) is 0 Å². The van der Waals surface area contributed by atoms with Crippen LogP contribution in [0, 0.1) is 0 Å². The third-order valence-corrected chi connectivity index (χ3v) is 3.84. The average Bonchev–Trinajstić information content (AvgIpc) is 2.49. The van der Waals surface area contributed by atoms with Crippen LogP contribution < -0.4 is 5.32 Å². The van der Waals surface area contributed by atoms with E-state index in [1.165, 1.54) is 13.0 Å². The lowest BCUT2D eigenvalue weighted by atomic mass is 10.0. The minimum atomic E-state index is -1.00. The van der Waals surface area contributed by atoms with Gasteiger partial charge in [-0.05, 0) is 49.4 Å². The van der Waals surface area contributed by atoms with Gasteiger partial charge in [-0.2, -0.15) is 0 Å². The van der Waals surface area contributed by atoms with E-state index in [0.29, 0.717) is 21.8 Å². The smallest absolute Gasteiger partial charge is 0.325 e. The number of carbonyl (C=O) groups excluding carboxylic acids is 1. The van der Waals surface area contributed by atoms with Gasteiger partial charge < -0.3 is 10.4 Å². The molecule has 22 heavy (non-hydrogen) atoms. The highest BCUT2D eigenvalue weighted by Crippen LogP contribution is 2.25. The molecule has 0 amide bonds. The summed E-state index contributed by atoms with van der Waals surface area (Å²) >= 11 is 9.28. The summed E-state index contributed by atoms with van der Waals surface area (Å²) in [6, 6.07) is 10.8. The molecule has 0 aliphatic carbocycles. The Bertz CT molecular complexity index is 716. The molecule has 0 aromatic heterocycles. The largest absolute Gasteiger partial charge is 0.480 e. The molecule has 2 N–H and O–H groups in total. The van der Waals surface area contributed by atoms with Crippen molar-refractivity contribution in [1.29, 1.82) is 0 Å². The van der Waals surface area contributed by atoms with Gasteiger partial charge in [0.15, 0.2) is 5.78 Å². The van der Waals surface area contributed by atoms with Crippen molar-refractivity contribution in [3.63, 3.8) is 0 Å². The third kappa shape index (κ3) is 3.87. The third-order valence-electron chi connectivity index (χ3n) is 3.08. The van der Waals surface area contributed by atoms with Crippen molar-refractivity contribution in [2.75, 3.05) is 5.32 Å². The van der Waals surface area contributed by atoms with Crippen LogP contribution in [-0.2, 0) is 4.79 Å². The Hall–Kier alpha value is -1.85. The molecular formula is C16H13BrClNO3. The van der Waals surface area contributed by atoms with Crippen LogP contribution in [0.15, 0.2) is 46.9 Å². The highest BCUT2D eigenvalue weighted by Gasteiger charge is 2.18. The highest BCUT2D eigenvalue weighted by molar-refractivity contribution is 9.10. The van der Waals surface area contributed by atoms with Gasteiger partial charge in [-0.3, -0.25) is 9.59 Å². The van der Waals surface area contributed by atoms with Gasteiger partial charge in [0.25, 0.3) is 0 Å². The zero-order valence-electron chi connectivity index (χ0n) is 11.6. The monoisotopic (exact) mass is 381 g/mol. The van der Waals surface area contributed by atoms with Gasteiger partial charge in [-0.1, -0.05) is 27.5 Å². The summed E-state index contributed by atoms with van der Waals surface area (Å²) in [7, 11) is 0. The van der Waals surface area contributed by atoms with Crippen molar-refractivity contribution in [3.05, 3.63) is 63.1 Å². The molecule has 114 valence electrons. The second kappa shape index (κ2) is 6.94. The van der Waals surface area contributed by atoms with Gasteiger partial charge in [0.2, 0.25) is 0 Å². The molecule has 6 heteroatoms. The molecular weight excluding hydrogens is 370 g/mol. The van der Waals surface area contributed by atoms with Gasteiger partial charge >= 0.3 is 5.97 Å². The van der Waals surface area contributed by atoms with Crippen LogP contribution in [0.2, 0.25) is 5.02 Å². The van der Waals surface area contributed by atoms with Crippen LogP contribution >= 0.6 is 27.5 Å². The molecule has 0 spiro atoms. The molecule has 0 saturated heterocycles. The fourth-order valence-electron chi connectivity index (χ4n) is 1.88. The molecule has 2 aromatic carbocycles. The van der Waals surface area contributed by atoms with E-state index < -0.39 is 12.0 Å². The number of carbonyl (C=O) groups is 2. The predicted octanol–water partition coefficient (Wildman–Crippen LogP) is 4.22. The maximum absolute atomic E-state index is 12.6. The van der Waals surface area contributed by atoms with Gasteiger partial charge in [-0.25, -0.2) is 0 Å². The van der Waals surface area contributed by atoms with Crippen LogP contribution in [-0.4, -0.2) is 22.9 Å². The second-order valence-electron chi connectivity index (χ2n) is 4.73. The van der Waals surface area contributed by atoms with E-state index in [9.17, 15) is 9.59 Å². The zero-order chi connectivity index (χ0) is 16.3. The number of ketones is 1. The molecule has 0 radical (unpaired) electrons. The lowest BCUT2D eigenvalue weighted by Gasteiger charge is -2.15. The van der Waals surface area contributed by atoms with E-state index in [0.717, 1.165) is 4.47 Å². The molecule has 0 fully saturated rings. The Morgan fingerprint density at radius 1 is 1.18 bits per heavy atom. The van der Waals surface area contributed by atoms with Gasteiger partial charge in [-0.15, -0.1) is 0 Å². The summed E-state index contributed by atoms with van der Waals surface area (Å²) in [5, 5.41) is 12.2. The number of hydrogen-bond donors (Lipinski definition) is 2. The zero-order valence-corrected chi connectivity index (χ0v) is 14.0. The number of rotatable bonds is 5. The molecule has 0 aliphatic rings. The molecule has 0 heterocycles. The van der Waals surface area contributed by atoms with Crippen LogP contribution in [0.25, 0.3) is 0 Å². The number of halogens is 2. The Morgan fingerprint density at radius 2 is 1.82 bits per heavy atom. The summed E-state index contributed by atoms with van der Waals surface area (Å²) in [6.45, 7) is 1.50. The molecule has 1 unspecified atom stereocenters. The first kappa shape index (κ1) is 16.5. The predicted molar refractivity (Wildman–Crippen MR) is 89.7 cm³/mol. The van der Waals surface area contributed by atoms with Crippen LogP contribution in [0.4, 0.5) is 5.69 Å². The topological polar surface area (TPSA) is 66.4 Å². The van der Waals surface area contributed by atoms with Crippen molar-refractivity contribution < 1.29 is 14.7 Å². The van der Waals surface area contributed by atoms with Crippen LogP contribution in [0.5, 0.6) is 0 Å². The van der Waals surface area contributed by atoms with Crippen molar-refractivity contribution in [3.8, 4) is 0 Å². The van der Waals surface area contributed by atoms with E-state index in [1.807, 2.05) is 0 Å². The Labute approximate surface area is 141 Å². The SMILES string of the molecule is CC(Nc1ccc(Cl)cc1C(=O)c1ccc(Br)cc1)C(=O)O. The molecule has 1 atom stereocenters. The molecule has 0 aliphatic heterocycles. The summed E-state index contributed by atoms with van der Waals surface area (Å²) in [4.78, 5) is 23.6. The Morgan fingerprint density at radius 3 is 2.41 bits per heavy atom. The normalized spacial score (nSPS) is 11.8. The Balaban J connectivity index is 2.40. The van der Waals surface area contributed by atoms with E-state index in [1.54, 1.807) is 36.4 Å². The van der Waals surface area contributed by atoms with Crippen molar-refractivity contribution >= 4 is 45.0 Å². The number of carboxylic acid groups (broad SMARTS) is 1. The quantitative estimate of drug-likeness (QED) is 0.760. The fourth-order valence-corrected chi connectivity index (χ4v) is 2.32. The average molecular weight is 383 g/mol. The molecule has 4 nitrogen and oxygen atoms in total. The maximum Gasteiger partial charge on any atom is 0.325 e. The molecule has 0 saturated carbocycles. The van der Waals surface area contributed by atoms with Crippen LogP contribution in [0.1, 0.15) is 22.8 Å².